The maximum absolute atomic E-state index is 13.0. The van der Waals surface area contributed by atoms with Crippen LogP contribution in [0.5, 0.6) is 0 Å². The molecule has 0 amide bonds. The lowest BCUT2D eigenvalue weighted by molar-refractivity contribution is 0.0960. The molecule has 4 nitrogen and oxygen atoms in total. The second-order valence-electron chi connectivity index (χ2n) is 6.47. The summed E-state index contributed by atoms with van der Waals surface area (Å²) in [6.07, 6.45) is 3.87. The van der Waals surface area contributed by atoms with Crippen LogP contribution in [-0.2, 0) is 11.3 Å². The molecule has 0 unspecified atom stereocenters. The molecule has 0 radical (unpaired) electrons. The van der Waals surface area contributed by atoms with Crippen molar-refractivity contribution in [1.82, 2.24) is 9.55 Å². The molecule has 24 heavy (non-hydrogen) atoms. The smallest absolute Gasteiger partial charge is 0.262 e. The standard InChI is InChI=1S/C19H20N2O2S/c1-12-5-6-14(8-13(12)2)16-10-24-18-17(16)19(22)21(11-20-18)9-15-4-3-7-23-15/h5-6,8,10-11,15H,3-4,7,9H2,1-2H3/t15-/m1/s1. The molecule has 0 saturated carbocycles. The molecule has 0 aliphatic carbocycles. The maximum atomic E-state index is 13.0. The van der Waals surface area contributed by atoms with Crippen molar-refractivity contribution < 1.29 is 4.74 Å². The van der Waals surface area contributed by atoms with E-state index in [1.807, 2.05) is 5.38 Å². The lowest BCUT2D eigenvalue weighted by Crippen LogP contribution is -2.26. The van der Waals surface area contributed by atoms with Gasteiger partial charge in [-0.15, -0.1) is 11.3 Å². The largest absolute Gasteiger partial charge is 0.376 e. The first-order valence-electron chi connectivity index (χ1n) is 8.29. The predicted octanol–water partition coefficient (Wildman–Crippen LogP) is 3.92. The number of nitrogens with zero attached hydrogens (tertiary/aromatic N) is 2. The molecular formula is C19H20N2O2S. The van der Waals surface area contributed by atoms with Crippen molar-refractivity contribution in [3.63, 3.8) is 0 Å². The Morgan fingerprint density at radius 2 is 2.21 bits per heavy atom. The van der Waals surface area contributed by atoms with E-state index in [0.717, 1.165) is 40.8 Å². The highest BCUT2D eigenvalue weighted by atomic mass is 32.1. The van der Waals surface area contributed by atoms with E-state index in [2.05, 4.69) is 37.0 Å². The summed E-state index contributed by atoms with van der Waals surface area (Å²) in [5, 5.41) is 2.77. The van der Waals surface area contributed by atoms with Crippen LogP contribution >= 0.6 is 11.3 Å². The fraction of sp³-hybridized carbons (Fsp3) is 0.368. The first kappa shape index (κ1) is 15.5. The van der Waals surface area contributed by atoms with E-state index in [1.165, 1.54) is 22.5 Å². The van der Waals surface area contributed by atoms with Gasteiger partial charge in [-0.05, 0) is 43.4 Å². The highest BCUT2D eigenvalue weighted by molar-refractivity contribution is 7.17. The van der Waals surface area contributed by atoms with Crippen molar-refractivity contribution in [2.24, 2.45) is 0 Å². The minimum Gasteiger partial charge on any atom is -0.376 e. The van der Waals surface area contributed by atoms with Crippen LogP contribution in [0.3, 0.4) is 0 Å². The summed E-state index contributed by atoms with van der Waals surface area (Å²) >= 11 is 1.53. The van der Waals surface area contributed by atoms with Gasteiger partial charge in [0.05, 0.1) is 24.4 Å². The third-order valence-electron chi connectivity index (χ3n) is 4.80. The third-order valence-corrected chi connectivity index (χ3v) is 5.69. The fourth-order valence-corrected chi connectivity index (χ4v) is 4.13. The third kappa shape index (κ3) is 2.68. The van der Waals surface area contributed by atoms with Gasteiger partial charge >= 0.3 is 0 Å². The van der Waals surface area contributed by atoms with Crippen LogP contribution in [0.1, 0.15) is 24.0 Å². The minimum atomic E-state index is 0.0324. The molecular weight excluding hydrogens is 320 g/mol. The zero-order chi connectivity index (χ0) is 16.7. The van der Waals surface area contributed by atoms with Crippen LogP contribution in [0.4, 0.5) is 0 Å². The molecule has 2 aromatic heterocycles. The van der Waals surface area contributed by atoms with Gasteiger partial charge in [-0.25, -0.2) is 4.98 Å². The fourth-order valence-electron chi connectivity index (χ4n) is 3.23. The summed E-state index contributed by atoms with van der Waals surface area (Å²) in [4.78, 5) is 18.3. The summed E-state index contributed by atoms with van der Waals surface area (Å²) in [6, 6.07) is 6.34. The van der Waals surface area contributed by atoms with Gasteiger partial charge < -0.3 is 4.74 Å². The molecule has 1 aliphatic rings. The van der Waals surface area contributed by atoms with E-state index in [0.29, 0.717) is 6.54 Å². The van der Waals surface area contributed by atoms with Crippen LogP contribution in [-0.4, -0.2) is 22.3 Å². The zero-order valence-corrected chi connectivity index (χ0v) is 14.7. The number of rotatable bonds is 3. The molecule has 5 heteroatoms. The lowest BCUT2D eigenvalue weighted by Gasteiger charge is -2.11. The Morgan fingerprint density at radius 1 is 1.33 bits per heavy atom. The number of ether oxygens (including phenoxy) is 1. The van der Waals surface area contributed by atoms with Crippen LogP contribution in [0.2, 0.25) is 0 Å². The Balaban J connectivity index is 1.81. The molecule has 3 heterocycles. The summed E-state index contributed by atoms with van der Waals surface area (Å²) in [5.41, 5.74) is 4.59. The second kappa shape index (κ2) is 6.15. The Morgan fingerprint density at radius 3 is 2.96 bits per heavy atom. The molecule has 1 fully saturated rings. The Hall–Kier alpha value is -1.98. The molecule has 0 spiro atoms. The highest BCUT2D eigenvalue weighted by Crippen LogP contribution is 2.31. The van der Waals surface area contributed by atoms with Crippen LogP contribution < -0.4 is 5.56 Å². The topological polar surface area (TPSA) is 44.1 Å². The van der Waals surface area contributed by atoms with Crippen molar-refractivity contribution in [2.75, 3.05) is 6.61 Å². The van der Waals surface area contributed by atoms with Crippen molar-refractivity contribution in [2.45, 2.75) is 39.3 Å². The van der Waals surface area contributed by atoms with Gasteiger partial charge in [0.15, 0.2) is 0 Å². The molecule has 0 bridgehead atoms. The van der Waals surface area contributed by atoms with Gasteiger partial charge in [-0.1, -0.05) is 18.2 Å². The van der Waals surface area contributed by atoms with Crippen LogP contribution in [0.25, 0.3) is 21.3 Å². The first-order chi connectivity index (χ1) is 11.6. The minimum absolute atomic E-state index is 0.0324. The summed E-state index contributed by atoms with van der Waals surface area (Å²) in [6.45, 7) is 5.58. The van der Waals surface area contributed by atoms with Gasteiger partial charge in [0.25, 0.3) is 5.56 Å². The highest BCUT2D eigenvalue weighted by Gasteiger charge is 2.19. The van der Waals surface area contributed by atoms with Gasteiger partial charge in [0.1, 0.15) is 4.83 Å². The Bertz CT molecular complexity index is 952. The predicted molar refractivity (Wildman–Crippen MR) is 97.8 cm³/mol. The SMILES string of the molecule is Cc1ccc(-c2csc3ncn(C[C@H]4CCCO4)c(=O)c23)cc1C. The van der Waals surface area contributed by atoms with E-state index >= 15 is 0 Å². The van der Waals surface area contributed by atoms with E-state index in [4.69, 9.17) is 4.74 Å². The number of hydrogen-bond acceptors (Lipinski definition) is 4. The Kier molecular flexibility index (Phi) is 3.98. The molecule has 1 atom stereocenters. The number of aromatic nitrogens is 2. The maximum Gasteiger partial charge on any atom is 0.262 e. The molecule has 1 saturated heterocycles. The molecule has 0 N–H and O–H groups in total. The number of aryl methyl sites for hydroxylation is 2. The van der Waals surface area contributed by atoms with E-state index < -0.39 is 0 Å². The normalized spacial score (nSPS) is 17.7. The van der Waals surface area contributed by atoms with Gasteiger partial charge in [0, 0.05) is 17.6 Å². The van der Waals surface area contributed by atoms with E-state index in [1.54, 1.807) is 10.9 Å². The zero-order valence-electron chi connectivity index (χ0n) is 13.9. The van der Waals surface area contributed by atoms with Gasteiger partial charge in [-0.3, -0.25) is 9.36 Å². The first-order valence-corrected chi connectivity index (χ1v) is 9.17. The van der Waals surface area contributed by atoms with E-state index in [-0.39, 0.29) is 11.7 Å². The number of hydrogen-bond donors (Lipinski definition) is 0. The number of thiophene rings is 1. The molecule has 4 rings (SSSR count). The van der Waals surface area contributed by atoms with Gasteiger partial charge in [-0.2, -0.15) is 0 Å². The van der Waals surface area contributed by atoms with Crippen molar-refractivity contribution in [3.05, 3.63) is 51.4 Å². The summed E-state index contributed by atoms with van der Waals surface area (Å²) < 4.78 is 7.37. The molecule has 124 valence electrons. The van der Waals surface area contributed by atoms with Crippen LogP contribution in [0, 0.1) is 13.8 Å². The molecule has 3 aromatic rings. The molecule has 1 aliphatic heterocycles. The second-order valence-corrected chi connectivity index (χ2v) is 7.32. The van der Waals surface area contributed by atoms with Gasteiger partial charge in [0.2, 0.25) is 0 Å². The average Bonchev–Trinajstić information content (AvgIpc) is 3.22. The summed E-state index contributed by atoms with van der Waals surface area (Å²) in [5.74, 6) is 0. The Labute approximate surface area is 144 Å². The lowest BCUT2D eigenvalue weighted by atomic mass is 10.0. The van der Waals surface area contributed by atoms with Crippen molar-refractivity contribution >= 4 is 21.6 Å². The van der Waals surface area contributed by atoms with E-state index in [9.17, 15) is 4.79 Å². The summed E-state index contributed by atoms with van der Waals surface area (Å²) in [7, 11) is 0. The average molecular weight is 340 g/mol. The van der Waals surface area contributed by atoms with Crippen molar-refractivity contribution in [1.29, 1.82) is 0 Å². The number of fused-ring (bicyclic) bond motifs is 1. The van der Waals surface area contributed by atoms with Crippen molar-refractivity contribution in [3.8, 4) is 11.1 Å². The quantitative estimate of drug-likeness (QED) is 0.726. The van der Waals surface area contributed by atoms with Crippen LogP contribution in [0.15, 0.2) is 34.7 Å². The molecule has 1 aromatic carbocycles. The monoisotopic (exact) mass is 340 g/mol. The number of benzene rings is 1.